The first-order valence-electron chi connectivity index (χ1n) is 34.6. The fraction of sp³-hybridized carbons (Fsp3) is 0.785. The van der Waals surface area contributed by atoms with Gasteiger partial charge >= 0.3 is 5.97 Å². The first kappa shape index (κ1) is 73.7. The van der Waals surface area contributed by atoms with Crippen LogP contribution >= 0.6 is 0 Å². The Bertz CT molecular complexity index is 2820. The van der Waals surface area contributed by atoms with Crippen molar-refractivity contribution >= 4 is 82.8 Å². The summed E-state index contributed by atoms with van der Waals surface area (Å²) in [4.78, 5) is 198. The molecule has 538 valence electrons. The van der Waals surface area contributed by atoms with Gasteiger partial charge in [-0.2, -0.15) is 0 Å². The molecule has 0 aromatic heterocycles. The minimum Gasteiger partial charge on any atom is -0.469 e. The van der Waals surface area contributed by atoms with Crippen molar-refractivity contribution in [3.8, 4) is 0 Å². The highest BCUT2D eigenvalue weighted by molar-refractivity contribution is 5.92. The second kappa shape index (κ2) is 34.3. The number of nitrogens with one attached hydrogen (secondary N) is 6. The summed E-state index contributed by atoms with van der Waals surface area (Å²) in [7, 11) is 4.47. The zero-order valence-corrected chi connectivity index (χ0v) is 56.8. The van der Waals surface area contributed by atoms with Gasteiger partial charge in [0.05, 0.1) is 61.7 Å². The number of hydrogen-bond donors (Lipinski definition) is 6. The molecule has 13 amide bonds. The number of carbonyl (C=O) groups is 14. The summed E-state index contributed by atoms with van der Waals surface area (Å²) in [5.74, 6) is -6.35. The number of likely N-dealkylation sites (tertiary alicyclic amines) is 9. The number of rotatable bonds is 35. The number of nitrogens with zero attached hydrogens (tertiary/aromatic N) is 9. The molecule has 6 N–H and O–H groups in total. The first-order valence-corrected chi connectivity index (χ1v) is 34.6. The summed E-state index contributed by atoms with van der Waals surface area (Å²) in [6, 6.07) is 0. The molecule has 0 aliphatic carbocycles. The van der Waals surface area contributed by atoms with E-state index >= 15 is 0 Å². The molecule has 0 radical (unpaired) electrons. The third-order valence-electron chi connectivity index (χ3n) is 20.6. The fourth-order valence-corrected chi connectivity index (χ4v) is 15.6. The van der Waals surface area contributed by atoms with Crippen LogP contribution in [0.25, 0.3) is 0 Å². The molecule has 32 nitrogen and oxygen atoms in total. The Labute approximate surface area is 566 Å². The molecule has 9 unspecified atom stereocenters. The second-order valence-corrected chi connectivity index (χ2v) is 28.4. The highest BCUT2D eigenvalue weighted by atomic mass is 16.5. The Hall–Kier alpha value is -7.58. The van der Waals surface area contributed by atoms with Crippen molar-refractivity contribution in [2.75, 3.05) is 205 Å². The van der Waals surface area contributed by atoms with Crippen molar-refractivity contribution in [1.82, 2.24) is 76.0 Å². The van der Waals surface area contributed by atoms with E-state index in [2.05, 4.69) is 48.6 Å². The Balaban J connectivity index is 0.726. The Kier molecular flexibility index (Phi) is 26.0. The van der Waals surface area contributed by atoms with Gasteiger partial charge in [0, 0.05) is 233 Å². The van der Waals surface area contributed by atoms with Crippen molar-refractivity contribution in [3.63, 3.8) is 0 Å². The molecule has 0 aromatic rings. The van der Waals surface area contributed by atoms with E-state index in [1.807, 2.05) is 0 Å². The molecule has 97 heavy (non-hydrogen) atoms. The maximum atomic E-state index is 13.9. The maximum absolute atomic E-state index is 13.9. The van der Waals surface area contributed by atoms with Crippen LogP contribution in [0.2, 0.25) is 0 Å². The predicted molar refractivity (Wildman–Crippen MR) is 344 cm³/mol. The normalized spacial score (nSPS) is 26.9. The lowest BCUT2D eigenvalue weighted by Gasteiger charge is -2.40. The minimum atomic E-state index is -0.673. The van der Waals surface area contributed by atoms with Crippen LogP contribution in [0.4, 0.5) is 0 Å². The molecule has 0 bridgehead atoms. The average molecular weight is 1360 g/mol. The molecule has 32 heteroatoms. The van der Waals surface area contributed by atoms with Crippen LogP contribution in [0.3, 0.4) is 0 Å². The molecule has 9 aliphatic rings. The molecule has 9 saturated heterocycles. The zero-order chi connectivity index (χ0) is 69.5. The smallest absolute Gasteiger partial charge is 0.310 e. The molecule has 9 rings (SSSR count). The van der Waals surface area contributed by atoms with E-state index in [1.165, 1.54) is 16.9 Å². The van der Waals surface area contributed by atoms with Gasteiger partial charge < -0.3 is 90.2 Å². The lowest BCUT2D eigenvalue weighted by atomic mass is 9.88. The summed E-state index contributed by atoms with van der Waals surface area (Å²) < 4.78 is 15.2. The van der Waals surface area contributed by atoms with Crippen LogP contribution in [0.1, 0.15) is 64.7 Å². The van der Waals surface area contributed by atoms with Crippen molar-refractivity contribution in [1.29, 1.82) is 0 Å². The van der Waals surface area contributed by atoms with Crippen LogP contribution in [0, 0.1) is 58.7 Å². The summed E-state index contributed by atoms with van der Waals surface area (Å²) in [5, 5.41) is 17.5. The number of hydrogen-bond acceptors (Lipinski definition) is 19. The number of methoxy groups -OCH3 is 3. The summed E-state index contributed by atoms with van der Waals surface area (Å²) in [6.07, 6.45) is 2.07. The highest BCUT2D eigenvalue weighted by Gasteiger charge is 2.45. The van der Waals surface area contributed by atoms with Crippen LogP contribution in [-0.4, -0.2) is 332 Å². The van der Waals surface area contributed by atoms with Crippen molar-refractivity contribution < 1.29 is 81.3 Å². The largest absolute Gasteiger partial charge is 0.469 e. The predicted octanol–water partition coefficient (Wildman–Crippen LogP) is -5.26. The van der Waals surface area contributed by atoms with E-state index in [4.69, 9.17) is 14.2 Å². The van der Waals surface area contributed by atoms with Gasteiger partial charge in [-0.3, -0.25) is 67.1 Å². The Morgan fingerprint density at radius 2 is 0.619 bits per heavy atom. The van der Waals surface area contributed by atoms with E-state index in [9.17, 15) is 67.1 Å². The van der Waals surface area contributed by atoms with Crippen LogP contribution in [0.5, 0.6) is 0 Å². The standard InChI is InChI=1S/C65H101N15O17/c1-65(39-72-13-5-44(30-72)58(88)66-9-17-76-32-46(23-53(76)83)60(90)68-7-15-74-28-42(37-95-2)21-51(74)81,40-73-14-6-45(31-73)59(89)67-10-18-77-33-47(24-54(77)84)61(91)69-8-16-75-29-43(38-96-3)22-52(75)82)41-80-35-49(26-57(80)87)63(93)71-11-19-78-34-48(25-55(78)85)62(92)70-12-20-79-36-50(27-56(79)86)64(94)97-4/h42-50H,5-41H2,1-4H3,(H,66,88)(H,67,89)(H,68,90)(H,69,91)(H,70,92)(H,71,93). The molecule has 9 aliphatic heterocycles. The van der Waals surface area contributed by atoms with Crippen molar-refractivity contribution in [2.45, 2.75) is 64.7 Å². The van der Waals surface area contributed by atoms with Gasteiger partial charge in [0.1, 0.15) is 0 Å². The number of ether oxygens (including phenoxy) is 3. The van der Waals surface area contributed by atoms with E-state index in [1.54, 1.807) is 38.7 Å². The highest BCUT2D eigenvalue weighted by Crippen LogP contribution is 2.32. The Morgan fingerprint density at radius 1 is 0.351 bits per heavy atom. The minimum absolute atomic E-state index is 0.0130. The first-order chi connectivity index (χ1) is 46.5. The number of esters is 1. The Morgan fingerprint density at radius 3 is 0.938 bits per heavy atom. The van der Waals surface area contributed by atoms with Crippen LogP contribution in [-0.2, 0) is 81.3 Å². The summed E-state index contributed by atoms with van der Waals surface area (Å²) in [5.41, 5.74) is -0.620. The topological polar surface area (TPSA) is 368 Å². The lowest BCUT2D eigenvalue weighted by molar-refractivity contribution is -0.145. The lowest BCUT2D eigenvalue weighted by Crippen LogP contribution is -2.50. The quantitative estimate of drug-likeness (QED) is 0.0323. The van der Waals surface area contributed by atoms with Crippen molar-refractivity contribution in [2.24, 2.45) is 58.7 Å². The molecule has 9 heterocycles. The molecule has 9 atom stereocenters. The van der Waals surface area contributed by atoms with Crippen molar-refractivity contribution in [3.05, 3.63) is 0 Å². The van der Waals surface area contributed by atoms with E-state index in [0.717, 1.165) is 0 Å². The molecular weight excluding hydrogens is 1260 g/mol. The van der Waals surface area contributed by atoms with Gasteiger partial charge in [0.15, 0.2) is 0 Å². The third kappa shape index (κ3) is 20.1. The van der Waals surface area contributed by atoms with Gasteiger partial charge in [-0.25, -0.2) is 0 Å². The van der Waals surface area contributed by atoms with Crippen LogP contribution < -0.4 is 31.9 Å². The maximum Gasteiger partial charge on any atom is 0.310 e. The third-order valence-corrected chi connectivity index (χ3v) is 20.6. The SMILES string of the molecule is COCC1CC(=O)N(CCNC(=O)C2CC(=O)N(CCNC(=O)C3CCN(CC(C)(CN4CCC(C(=O)NCCN5CC(C(=O)NCCN6CC(COC)CC6=O)CC5=O)C4)CN4CC(C(=O)NCCN5CC(C(=O)NCCN6CC(C(=O)OC)CC6=O)CC5=O)CC4=O)C3)C2)C1. The van der Waals surface area contributed by atoms with Gasteiger partial charge in [0.2, 0.25) is 76.8 Å². The molecule has 0 aromatic carbocycles. The van der Waals surface area contributed by atoms with Gasteiger partial charge in [-0.05, 0) is 25.9 Å². The van der Waals surface area contributed by atoms with Crippen LogP contribution in [0.15, 0.2) is 0 Å². The zero-order valence-electron chi connectivity index (χ0n) is 56.8. The summed E-state index contributed by atoms with van der Waals surface area (Å²) >= 11 is 0. The fourth-order valence-electron chi connectivity index (χ4n) is 15.6. The van der Waals surface area contributed by atoms with Gasteiger partial charge in [-0.1, -0.05) is 6.92 Å². The van der Waals surface area contributed by atoms with E-state index in [0.29, 0.717) is 104 Å². The average Bonchev–Trinajstić information content (AvgIpc) is 1.74. The monoisotopic (exact) mass is 1360 g/mol. The van der Waals surface area contributed by atoms with Gasteiger partial charge in [-0.15, -0.1) is 0 Å². The van der Waals surface area contributed by atoms with E-state index < -0.39 is 41.0 Å². The number of amides is 13. The molecule has 0 saturated carbocycles. The molecule has 0 spiro atoms. The summed E-state index contributed by atoms with van der Waals surface area (Å²) in [6.45, 7) is 11.2. The number of carbonyl (C=O) groups excluding carboxylic acids is 14. The van der Waals surface area contributed by atoms with E-state index in [-0.39, 0.29) is 237 Å². The second-order valence-electron chi connectivity index (χ2n) is 28.4. The molecule has 9 fully saturated rings. The molecular formula is C65H101N15O17. The van der Waals surface area contributed by atoms with Gasteiger partial charge in [0.25, 0.3) is 0 Å².